The summed E-state index contributed by atoms with van der Waals surface area (Å²) in [6.45, 7) is 6.89. The molecule has 2 N–H and O–H groups in total. The Bertz CT molecular complexity index is 577. The van der Waals surface area contributed by atoms with E-state index in [1.807, 2.05) is 19.1 Å². The lowest BCUT2D eigenvalue weighted by Crippen LogP contribution is -2.15. The summed E-state index contributed by atoms with van der Waals surface area (Å²) in [5.41, 5.74) is 11.3. The molecule has 0 bridgehead atoms. The van der Waals surface area contributed by atoms with E-state index in [-0.39, 0.29) is 6.04 Å². The highest BCUT2D eigenvalue weighted by molar-refractivity contribution is 5.45. The van der Waals surface area contributed by atoms with Crippen LogP contribution in [0.25, 0.3) is 0 Å². The normalized spacial score (nSPS) is 12.2. The minimum atomic E-state index is -0.146. The van der Waals surface area contributed by atoms with Crippen LogP contribution in [0.15, 0.2) is 42.5 Å². The molecule has 0 saturated heterocycles. The number of rotatable bonds is 5. The van der Waals surface area contributed by atoms with E-state index in [2.05, 4.69) is 44.2 Å². The van der Waals surface area contributed by atoms with E-state index < -0.39 is 0 Å². The number of nitrogens with two attached hydrogens (primary N) is 1. The van der Waals surface area contributed by atoms with E-state index in [0.29, 0.717) is 6.61 Å². The van der Waals surface area contributed by atoms with E-state index in [9.17, 15) is 0 Å². The van der Waals surface area contributed by atoms with Crippen LogP contribution in [-0.4, -0.2) is 6.61 Å². The molecule has 0 heterocycles. The van der Waals surface area contributed by atoms with Crippen molar-refractivity contribution in [2.45, 2.75) is 33.2 Å². The predicted octanol–water partition coefficient (Wildman–Crippen LogP) is 4.00. The summed E-state index contributed by atoms with van der Waals surface area (Å²) in [6.07, 6.45) is 0.986. The monoisotopic (exact) mass is 269 g/mol. The lowest BCUT2D eigenvalue weighted by Gasteiger charge is -2.20. The third kappa shape index (κ3) is 3.02. The molecule has 1 unspecified atom stereocenters. The molecule has 2 aromatic carbocycles. The maximum atomic E-state index is 6.51. The smallest absolute Gasteiger partial charge is 0.124 e. The largest absolute Gasteiger partial charge is 0.494 e. The Labute approximate surface area is 121 Å². The first-order chi connectivity index (χ1) is 9.67. The summed E-state index contributed by atoms with van der Waals surface area (Å²) in [5, 5.41) is 0. The fourth-order valence-corrected chi connectivity index (χ4v) is 2.52. The SMILES string of the molecule is CCOc1ccc(C)cc1C(N)c1ccccc1CC. The van der Waals surface area contributed by atoms with Crippen LogP contribution in [0.5, 0.6) is 5.75 Å². The van der Waals surface area contributed by atoms with Gasteiger partial charge in [0.15, 0.2) is 0 Å². The van der Waals surface area contributed by atoms with Crippen molar-refractivity contribution in [3.63, 3.8) is 0 Å². The second-order valence-electron chi connectivity index (χ2n) is 5.00. The van der Waals surface area contributed by atoms with Gasteiger partial charge in [0.1, 0.15) is 5.75 Å². The quantitative estimate of drug-likeness (QED) is 0.890. The van der Waals surface area contributed by atoms with Gasteiger partial charge in [-0.1, -0.05) is 48.9 Å². The third-order valence-corrected chi connectivity index (χ3v) is 3.57. The van der Waals surface area contributed by atoms with E-state index in [4.69, 9.17) is 10.5 Å². The topological polar surface area (TPSA) is 35.2 Å². The van der Waals surface area contributed by atoms with Crippen LogP contribution < -0.4 is 10.5 Å². The molecule has 20 heavy (non-hydrogen) atoms. The molecule has 0 aliphatic heterocycles. The minimum Gasteiger partial charge on any atom is -0.494 e. The zero-order valence-corrected chi connectivity index (χ0v) is 12.5. The highest BCUT2D eigenvalue weighted by Gasteiger charge is 2.16. The van der Waals surface area contributed by atoms with Gasteiger partial charge >= 0.3 is 0 Å². The number of hydrogen-bond donors (Lipinski definition) is 1. The summed E-state index contributed by atoms with van der Waals surface area (Å²) < 4.78 is 5.73. The molecule has 2 rings (SSSR count). The molecule has 2 nitrogen and oxygen atoms in total. The Kier molecular flexibility index (Phi) is 4.80. The Morgan fingerprint density at radius 2 is 1.80 bits per heavy atom. The van der Waals surface area contributed by atoms with Crippen LogP contribution in [0, 0.1) is 6.92 Å². The molecule has 0 saturated carbocycles. The highest BCUT2D eigenvalue weighted by atomic mass is 16.5. The molecule has 0 aliphatic carbocycles. The van der Waals surface area contributed by atoms with Crippen molar-refractivity contribution in [1.82, 2.24) is 0 Å². The molecule has 0 aromatic heterocycles. The average Bonchev–Trinajstić information content (AvgIpc) is 2.48. The number of aryl methyl sites for hydroxylation is 2. The van der Waals surface area contributed by atoms with Crippen LogP contribution in [0.2, 0.25) is 0 Å². The van der Waals surface area contributed by atoms with Gasteiger partial charge in [0.25, 0.3) is 0 Å². The summed E-state index contributed by atoms with van der Waals surface area (Å²) in [5.74, 6) is 0.886. The lowest BCUT2D eigenvalue weighted by atomic mass is 9.92. The van der Waals surface area contributed by atoms with Crippen molar-refractivity contribution in [2.75, 3.05) is 6.61 Å². The summed E-state index contributed by atoms with van der Waals surface area (Å²) >= 11 is 0. The molecule has 0 radical (unpaired) electrons. The third-order valence-electron chi connectivity index (χ3n) is 3.57. The molecular formula is C18H23NO. The van der Waals surface area contributed by atoms with E-state index in [1.165, 1.54) is 16.7 Å². The van der Waals surface area contributed by atoms with Gasteiger partial charge in [-0.15, -0.1) is 0 Å². The van der Waals surface area contributed by atoms with Crippen molar-refractivity contribution in [3.8, 4) is 5.75 Å². The van der Waals surface area contributed by atoms with Crippen LogP contribution >= 0.6 is 0 Å². The zero-order chi connectivity index (χ0) is 14.5. The first-order valence-corrected chi connectivity index (χ1v) is 7.24. The minimum absolute atomic E-state index is 0.146. The second kappa shape index (κ2) is 6.58. The maximum Gasteiger partial charge on any atom is 0.124 e. The van der Waals surface area contributed by atoms with Gasteiger partial charge < -0.3 is 10.5 Å². The van der Waals surface area contributed by atoms with E-state index in [0.717, 1.165) is 17.7 Å². The maximum absolute atomic E-state index is 6.51. The van der Waals surface area contributed by atoms with Gasteiger partial charge in [-0.05, 0) is 37.5 Å². The molecule has 106 valence electrons. The van der Waals surface area contributed by atoms with E-state index >= 15 is 0 Å². The van der Waals surface area contributed by atoms with Gasteiger partial charge in [0.05, 0.1) is 12.6 Å². The van der Waals surface area contributed by atoms with Crippen molar-refractivity contribution in [1.29, 1.82) is 0 Å². The van der Waals surface area contributed by atoms with Crippen molar-refractivity contribution >= 4 is 0 Å². The fraction of sp³-hybridized carbons (Fsp3) is 0.333. The predicted molar refractivity (Wildman–Crippen MR) is 84.2 cm³/mol. The molecule has 0 aliphatic rings. The molecule has 2 heteroatoms. The highest BCUT2D eigenvalue weighted by Crippen LogP contribution is 2.31. The van der Waals surface area contributed by atoms with Gasteiger partial charge in [-0.3, -0.25) is 0 Å². The van der Waals surface area contributed by atoms with Crippen molar-refractivity contribution < 1.29 is 4.74 Å². The molecule has 0 spiro atoms. The molecule has 0 amide bonds. The number of ether oxygens (including phenoxy) is 1. The van der Waals surface area contributed by atoms with E-state index in [1.54, 1.807) is 0 Å². The Hall–Kier alpha value is -1.80. The summed E-state index contributed by atoms with van der Waals surface area (Å²) in [6, 6.07) is 14.4. The Balaban J connectivity index is 2.46. The Morgan fingerprint density at radius 1 is 1.05 bits per heavy atom. The van der Waals surface area contributed by atoms with Gasteiger partial charge in [0, 0.05) is 5.56 Å². The zero-order valence-electron chi connectivity index (χ0n) is 12.5. The standard InChI is InChI=1S/C18H23NO/c1-4-14-8-6-7-9-15(14)18(19)16-12-13(3)10-11-17(16)20-5-2/h6-12,18H,4-5,19H2,1-3H3. The van der Waals surface area contributed by atoms with Crippen molar-refractivity contribution in [3.05, 3.63) is 64.7 Å². The van der Waals surface area contributed by atoms with Crippen LogP contribution in [0.3, 0.4) is 0 Å². The number of hydrogen-bond acceptors (Lipinski definition) is 2. The van der Waals surface area contributed by atoms with Gasteiger partial charge in [0.2, 0.25) is 0 Å². The van der Waals surface area contributed by atoms with Gasteiger partial charge in [-0.25, -0.2) is 0 Å². The second-order valence-corrected chi connectivity index (χ2v) is 5.00. The number of benzene rings is 2. The molecule has 2 aromatic rings. The van der Waals surface area contributed by atoms with Crippen molar-refractivity contribution in [2.24, 2.45) is 5.73 Å². The molecular weight excluding hydrogens is 246 g/mol. The summed E-state index contributed by atoms with van der Waals surface area (Å²) in [7, 11) is 0. The molecule has 0 fully saturated rings. The van der Waals surface area contributed by atoms with Gasteiger partial charge in [-0.2, -0.15) is 0 Å². The fourth-order valence-electron chi connectivity index (χ4n) is 2.52. The first kappa shape index (κ1) is 14.6. The van der Waals surface area contributed by atoms with Crippen LogP contribution in [0.4, 0.5) is 0 Å². The average molecular weight is 269 g/mol. The molecule has 1 atom stereocenters. The first-order valence-electron chi connectivity index (χ1n) is 7.24. The Morgan fingerprint density at radius 3 is 2.50 bits per heavy atom. The lowest BCUT2D eigenvalue weighted by molar-refractivity contribution is 0.335. The van der Waals surface area contributed by atoms with Crippen LogP contribution in [-0.2, 0) is 6.42 Å². The van der Waals surface area contributed by atoms with Crippen LogP contribution in [0.1, 0.15) is 42.1 Å². The summed E-state index contributed by atoms with van der Waals surface area (Å²) in [4.78, 5) is 0.